The maximum absolute atomic E-state index is 4.60. The molecule has 114 valence electrons. The molecule has 0 saturated carbocycles. The minimum absolute atomic E-state index is 0. The standard InChI is InChI=1S/C20H14N2.Ag/c1-4-10-17(11-5-1)20(22-19-14-8-3-9-15-19)16-21-18-12-6-2-7-13-18;/h1-14H;/q;+1. The zero-order valence-electron chi connectivity index (χ0n) is 12.3. The number of para-hydroxylation sites is 2. The Kier molecular flexibility index (Phi) is 6.53. The first kappa shape index (κ1) is 16.9. The van der Waals surface area contributed by atoms with E-state index < -0.39 is 0 Å². The Hall–Kier alpha value is -2.44. The minimum atomic E-state index is 0. The molecule has 23 heavy (non-hydrogen) atoms. The van der Waals surface area contributed by atoms with Crippen LogP contribution in [0.2, 0.25) is 0 Å². The first-order chi connectivity index (χ1) is 10.9. The van der Waals surface area contributed by atoms with Crippen LogP contribution >= 0.6 is 0 Å². The maximum atomic E-state index is 4.60. The van der Waals surface area contributed by atoms with E-state index in [-0.39, 0.29) is 22.4 Å². The van der Waals surface area contributed by atoms with Gasteiger partial charge in [-0.05, 0) is 10.5 Å². The Morgan fingerprint density at radius 2 is 1.48 bits per heavy atom. The Labute approximate surface area is 151 Å². The quantitative estimate of drug-likeness (QED) is 0.322. The monoisotopic (exact) mass is 389 g/mol. The normalized spacial score (nSPS) is 10.2. The van der Waals surface area contributed by atoms with Crippen LogP contribution in [-0.2, 0) is 22.4 Å². The molecule has 0 fully saturated rings. The SMILES string of the molecule is C(#[N+]c1ccccc1)C(=Nc1[c-]cccc1)c1ccccc1.[Ag+]. The summed E-state index contributed by atoms with van der Waals surface area (Å²) in [6.07, 6.45) is 0. The summed E-state index contributed by atoms with van der Waals surface area (Å²) >= 11 is 0. The molecular weight excluding hydrogens is 376 g/mol. The molecule has 0 spiro atoms. The van der Waals surface area contributed by atoms with Crippen LogP contribution in [0.25, 0.3) is 4.85 Å². The van der Waals surface area contributed by atoms with Gasteiger partial charge < -0.3 is 0 Å². The Morgan fingerprint density at radius 1 is 0.826 bits per heavy atom. The van der Waals surface area contributed by atoms with Gasteiger partial charge in [-0.25, -0.2) is 0 Å². The van der Waals surface area contributed by atoms with Crippen molar-refractivity contribution in [3.63, 3.8) is 0 Å². The van der Waals surface area contributed by atoms with Crippen LogP contribution in [0, 0.1) is 12.1 Å². The predicted octanol–water partition coefficient (Wildman–Crippen LogP) is 5.27. The van der Waals surface area contributed by atoms with Crippen molar-refractivity contribution in [1.29, 1.82) is 0 Å². The van der Waals surface area contributed by atoms with Gasteiger partial charge in [0.15, 0.2) is 5.71 Å². The van der Waals surface area contributed by atoms with E-state index in [0.717, 1.165) is 16.9 Å². The number of nitrogens with zero attached hydrogens (tertiary/aromatic N) is 2. The molecule has 0 bridgehead atoms. The smallest absolute Gasteiger partial charge is 0.260 e. The second-order valence-electron chi connectivity index (χ2n) is 4.63. The van der Waals surface area contributed by atoms with Crippen LogP contribution in [-0.4, -0.2) is 5.71 Å². The molecule has 2 nitrogen and oxygen atoms in total. The molecule has 3 aromatic carbocycles. The Bertz CT molecular complexity index is 817. The fourth-order valence-corrected chi connectivity index (χ4v) is 1.94. The Morgan fingerprint density at radius 3 is 2.13 bits per heavy atom. The van der Waals surface area contributed by atoms with Gasteiger partial charge >= 0.3 is 34.1 Å². The molecule has 0 unspecified atom stereocenters. The fraction of sp³-hybridized carbons (Fsp3) is 0. The summed E-state index contributed by atoms with van der Waals surface area (Å²) in [5.41, 5.74) is 3.27. The van der Waals surface area contributed by atoms with Crippen molar-refractivity contribution in [1.82, 2.24) is 0 Å². The van der Waals surface area contributed by atoms with Crippen molar-refractivity contribution in [2.24, 2.45) is 4.99 Å². The van der Waals surface area contributed by atoms with Crippen molar-refractivity contribution in [3.05, 3.63) is 101 Å². The average Bonchev–Trinajstić information content (AvgIpc) is 2.61. The summed E-state index contributed by atoms with van der Waals surface area (Å²) in [6, 6.07) is 33.4. The molecule has 3 rings (SSSR count). The second kappa shape index (κ2) is 8.87. The first-order valence-electron chi connectivity index (χ1n) is 7.04. The van der Waals surface area contributed by atoms with Gasteiger partial charge in [-0.15, -0.1) is 6.07 Å². The first-order valence-corrected chi connectivity index (χ1v) is 7.04. The molecule has 0 radical (unpaired) electrons. The average molecular weight is 390 g/mol. The molecule has 0 N–H and O–H groups in total. The molecule has 0 saturated heterocycles. The van der Waals surface area contributed by atoms with Gasteiger partial charge in [0.25, 0.3) is 0 Å². The third kappa shape index (κ3) is 5.05. The van der Waals surface area contributed by atoms with Crippen molar-refractivity contribution in [2.75, 3.05) is 0 Å². The van der Waals surface area contributed by atoms with E-state index in [1.807, 2.05) is 84.9 Å². The van der Waals surface area contributed by atoms with Crippen molar-refractivity contribution >= 4 is 17.1 Å². The molecule has 0 amide bonds. The van der Waals surface area contributed by atoms with E-state index in [1.54, 1.807) is 0 Å². The zero-order valence-corrected chi connectivity index (χ0v) is 13.8. The number of aliphatic imine (C=N–C) groups is 1. The van der Waals surface area contributed by atoms with Gasteiger partial charge in [-0.2, -0.15) is 24.3 Å². The van der Waals surface area contributed by atoms with E-state index in [4.69, 9.17) is 0 Å². The summed E-state index contributed by atoms with van der Waals surface area (Å²) in [5.74, 6) is 0. The van der Waals surface area contributed by atoms with Crippen LogP contribution < -0.4 is 0 Å². The molecule has 0 aliphatic rings. The summed E-state index contributed by atoms with van der Waals surface area (Å²) < 4.78 is 0. The minimum Gasteiger partial charge on any atom is -0.260 e. The van der Waals surface area contributed by atoms with Gasteiger partial charge in [0.05, 0.1) is 0 Å². The van der Waals surface area contributed by atoms with Gasteiger partial charge in [-0.3, -0.25) is 4.99 Å². The van der Waals surface area contributed by atoms with Gasteiger partial charge in [0.2, 0.25) is 0 Å². The van der Waals surface area contributed by atoms with Crippen LogP contribution in [0.15, 0.2) is 89.9 Å². The zero-order chi connectivity index (χ0) is 15.0. The van der Waals surface area contributed by atoms with Gasteiger partial charge in [-0.1, -0.05) is 48.5 Å². The summed E-state index contributed by atoms with van der Waals surface area (Å²) in [5, 5.41) is 0. The fourth-order valence-electron chi connectivity index (χ4n) is 1.94. The summed E-state index contributed by atoms with van der Waals surface area (Å²) in [4.78, 5) is 8.98. The van der Waals surface area contributed by atoms with E-state index in [0.29, 0.717) is 5.71 Å². The number of hydrogen-bond donors (Lipinski definition) is 0. The van der Waals surface area contributed by atoms with Gasteiger partial charge in [0.1, 0.15) is 0 Å². The maximum Gasteiger partial charge on any atom is 1.00 e. The van der Waals surface area contributed by atoms with Crippen LogP contribution in [0.5, 0.6) is 0 Å². The number of hydrogen-bond acceptors (Lipinski definition) is 1. The summed E-state index contributed by atoms with van der Waals surface area (Å²) in [7, 11) is 0. The molecule has 0 aliphatic heterocycles. The Balaban J connectivity index is 0.00000192. The van der Waals surface area contributed by atoms with E-state index in [2.05, 4.69) is 22.0 Å². The number of benzene rings is 3. The van der Waals surface area contributed by atoms with Crippen molar-refractivity contribution in [2.45, 2.75) is 0 Å². The summed E-state index contributed by atoms with van der Waals surface area (Å²) in [6.45, 7) is 0. The third-order valence-corrected chi connectivity index (χ3v) is 3.02. The molecular formula is C20H14AgN2+. The van der Waals surface area contributed by atoms with Crippen LogP contribution in [0.4, 0.5) is 11.4 Å². The molecule has 0 aromatic heterocycles. The molecule has 0 atom stereocenters. The molecule has 3 heteroatoms. The van der Waals surface area contributed by atoms with E-state index >= 15 is 0 Å². The second-order valence-corrected chi connectivity index (χ2v) is 4.63. The van der Waals surface area contributed by atoms with E-state index in [1.165, 1.54) is 0 Å². The van der Waals surface area contributed by atoms with Crippen LogP contribution in [0.3, 0.4) is 0 Å². The molecule has 3 aromatic rings. The van der Waals surface area contributed by atoms with Crippen molar-refractivity contribution < 1.29 is 22.4 Å². The van der Waals surface area contributed by atoms with Crippen LogP contribution in [0.1, 0.15) is 5.56 Å². The third-order valence-electron chi connectivity index (χ3n) is 3.02. The topological polar surface area (TPSA) is 16.7 Å². The molecule has 0 aliphatic carbocycles. The van der Waals surface area contributed by atoms with E-state index in [9.17, 15) is 0 Å². The predicted molar refractivity (Wildman–Crippen MR) is 91.3 cm³/mol. The van der Waals surface area contributed by atoms with Crippen molar-refractivity contribution in [3.8, 4) is 6.07 Å². The van der Waals surface area contributed by atoms with Gasteiger partial charge in [0, 0.05) is 17.7 Å². The molecule has 0 heterocycles. The number of rotatable bonds is 2. The largest absolute Gasteiger partial charge is 1.00 e.